The minimum absolute atomic E-state index is 0.0168. The molecule has 6 nitrogen and oxygen atoms in total. The van der Waals surface area contributed by atoms with Crippen molar-refractivity contribution in [1.82, 2.24) is 0 Å². The molecule has 0 amide bonds. The SMILES string of the molecule is C[C@H](C[C@H](O)[C@@H](O)C(C)(C)O)[C@]12CC[C@@]3(C)[C@@]1(C[C@H](O)C1[C@@]4(C)CCC(=O)C(C)(C)C4CC[C@@]13C)O2. The van der Waals surface area contributed by atoms with Crippen molar-refractivity contribution in [2.24, 2.45) is 39.4 Å². The van der Waals surface area contributed by atoms with Crippen LogP contribution in [0.1, 0.15) is 107 Å². The Morgan fingerprint density at radius 2 is 1.69 bits per heavy atom. The summed E-state index contributed by atoms with van der Waals surface area (Å²) in [7, 11) is 0. The zero-order valence-electron chi connectivity index (χ0n) is 23.7. The molecular formula is C30H50O6. The second kappa shape index (κ2) is 7.56. The van der Waals surface area contributed by atoms with Gasteiger partial charge in [0, 0.05) is 23.7 Å². The van der Waals surface area contributed by atoms with Crippen LogP contribution in [0.15, 0.2) is 0 Å². The smallest absolute Gasteiger partial charge is 0.138 e. The molecule has 11 atom stereocenters. The topological polar surface area (TPSA) is 111 Å². The van der Waals surface area contributed by atoms with E-state index in [1.165, 1.54) is 13.8 Å². The molecule has 0 aromatic rings. The summed E-state index contributed by atoms with van der Waals surface area (Å²) in [5.41, 5.74) is -2.91. The predicted octanol–water partition coefficient (Wildman–Crippen LogP) is 4.01. The molecule has 4 N–H and O–H groups in total. The van der Waals surface area contributed by atoms with Crippen molar-refractivity contribution in [2.75, 3.05) is 0 Å². The zero-order chi connectivity index (χ0) is 26.9. The van der Waals surface area contributed by atoms with E-state index in [9.17, 15) is 25.2 Å². The van der Waals surface area contributed by atoms with Gasteiger partial charge in [-0.25, -0.2) is 0 Å². The highest BCUT2D eigenvalue weighted by Gasteiger charge is 2.88. The van der Waals surface area contributed by atoms with Crippen LogP contribution >= 0.6 is 0 Å². The van der Waals surface area contributed by atoms with Gasteiger partial charge in [-0.1, -0.05) is 41.5 Å². The summed E-state index contributed by atoms with van der Waals surface area (Å²) < 4.78 is 6.81. The lowest BCUT2D eigenvalue weighted by molar-refractivity contribution is -0.242. The highest BCUT2D eigenvalue weighted by Crippen LogP contribution is 2.84. The summed E-state index contributed by atoms with van der Waals surface area (Å²) >= 11 is 0. The molecule has 2 unspecified atom stereocenters. The third-order valence-electron chi connectivity index (χ3n) is 13.1. The number of hydrogen-bond donors (Lipinski definition) is 4. The Kier molecular flexibility index (Phi) is 5.68. The van der Waals surface area contributed by atoms with Gasteiger partial charge in [0.25, 0.3) is 0 Å². The van der Waals surface area contributed by atoms with Crippen molar-refractivity contribution in [3.8, 4) is 0 Å². The van der Waals surface area contributed by atoms with Crippen LogP contribution in [-0.2, 0) is 9.53 Å². The summed E-state index contributed by atoms with van der Waals surface area (Å²) in [6.07, 6.45) is 3.49. The fourth-order valence-electron chi connectivity index (χ4n) is 11.0. The number of epoxide rings is 1. The lowest BCUT2D eigenvalue weighted by Crippen LogP contribution is -2.69. The number of fused-ring (bicyclic) bond motifs is 4. The molecule has 36 heavy (non-hydrogen) atoms. The Balaban J connectivity index is 1.47. The number of Topliss-reactive ketones (excluding diaryl/α,β-unsaturated/α-hetero) is 1. The second-order valence-corrected chi connectivity index (χ2v) is 15.4. The van der Waals surface area contributed by atoms with Gasteiger partial charge in [0.1, 0.15) is 23.1 Å². The molecule has 1 spiro atoms. The number of hydrogen-bond acceptors (Lipinski definition) is 6. The third kappa shape index (κ3) is 3.00. The minimum atomic E-state index is -1.38. The van der Waals surface area contributed by atoms with Crippen LogP contribution in [0.2, 0.25) is 0 Å². The van der Waals surface area contributed by atoms with Crippen molar-refractivity contribution in [2.45, 2.75) is 142 Å². The molecule has 6 heteroatoms. The molecule has 0 bridgehead atoms. The van der Waals surface area contributed by atoms with Crippen LogP contribution in [0.5, 0.6) is 0 Å². The molecule has 0 radical (unpaired) electrons. The van der Waals surface area contributed by atoms with Crippen molar-refractivity contribution >= 4 is 5.78 Å². The second-order valence-electron chi connectivity index (χ2n) is 15.4. The van der Waals surface area contributed by atoms with Gasteiger partial charge in [0.15, 0.2) is 0 Å². The number of aliphatic hydroxyl groups is 4. The number of rotatable bonds is 5. The van der Waals surface area contributed by atoms with E-state index in [-0.39, 0.29) is 39.4 Å². The Morgan fingerprint density at radius 1 is 1.06 bits per heavy atom. The average molecular weight is 507 g/mol. The van der Waals surface area contributed by atoms with Gasteiger partial charge < -0.3 is 25.2 Å². The Labute approximate surface area is 217 Å². The van der Waals surface area contributed by atoms with E-state index in [2.05, 4.69) is 41.5 Å². The molecule has 1 aliphatic heterocycles. The third-order valence-corrected chi connectivity index (χ3v) is 13.1. The number of ether oxygens (including phenoxy) is 1. The van der Waals surface area contributed by atoms with Crippen molar-refractivity contribution in [3.63, 3.8) is 0 Å². The number of carbonyl (C=O) groups is 1. The quantitative estimate of drug-likeness (QED) is 0.420. The zero-order valence-corrected chi connectivity index (χ0v) is 23.7. The van der Waals surface area contributed by atoms with Crippen LogP contribution in [0, 0.1) is 39.4 Å². The van der Waals surface area contributed by atoms with Crippen molar-refractivity contribution < 1.29 is 30.0 Å². The molecule has 1 heterocycles. The highest BCUT2D eigenvalue weighted by atomic mass is 16.6. The molecule has 1 saturated heterocycles. The molecule has 0 aromatic carbocycles. The van der Waals surface area contributed by atoms with E-state index < -0.39 is 35.1 Å². The van der Waals surface area contributed by atoms with Crippen LogP contribution < -0.4 is 0 Å². The monoisotopic (exact) mass is 506 g/mol. The van der Waals surface area contributed by atoms with Gasteiger partial charge in [-0.2, -0.15) is 0 Å². The maximum absolute atomic E-state index is 12.9. The minimum Gasteiger partial charge on any atom is -0.393 e. The summed E-state index contributed by atoms with van der Waals surface area (Å²) in [6.45, 7) is 16.5. The van der Waals surface area contributed by atoms with Crippen LogP contribution in [0.25, 0.3) is 0 Å². The molecule has 206 valence electrons. The standard InChI is InChI=1S/C30H50O6/c1-17(15-18(31)23(34)25(4,5)35)29-14-13-28(8)27(7)12-9-20-24(2,3)21(33)10-11-26(20,6)22(27)19(32)16-30(28,29)36-29/h17-20,22-23,31-32,34-35H,9-16H2,1-8H3/t17-,18+,19+,20?,22?,23-,26+,27+,28-,29-,30-/m1/s1. The maximum Gasteiger partial charge on any atom is 0.138 e. The van der Waals surface area contributed by atoms with Gasteiger partial charge in [-0.05, 0) is 81.0 Å². The summed E-state index contributed by atoms with van der Waals surface area (Å²) in [4.78, 5) is 12.9. The van der Waals surface area contributed by atoms with Crippen molar-refractivity contribution in [3.05, 3.63) is 0 Å². The largest absolute Gasteiger partial charge is 0.393 e. The van der Waals surface area contributed by atoms with E-state index in [0.29, 0.717) is 25.0 Å². The van der Waals surface area contributed by atoms with E-state index in [4.69, 9.17) is 4.74 Å². The molecule has 4 saturated carbocycles. The van der Waals surface area contributed by atoms with Gasteiger partial charge in [-0.15, -0.1) is 0 Å². The van der Waals surface area contributed by atoms with Gasteiger partial charge in [0.05, 0.1) is 17.8 Å². The molecule has 5 rings (SSSR count). The van der Waals surface area contributed by atoms with Crippen LogP contribution in [-0.4, -0.2) is 61.3 Å². The number of carbonyl (C=O) groups excluding carboxylic acids is 1. The molecule has 5 fully saturated rings. The van der Waals surface area contributed by atoms with Gasteiger partial charge in [0.2, 0.25) is 0 Å². The number of aliphatic hydroxyl groups excluding tert-OH is 3. The van der Waals surface area contributed by atoms with Crippen LogP contribution in [0.4, 0.5) is 0 Å². The van der Waals surface area contributed by atoms with Crippen LogP contribution in [0.3, 0.4) is 0 Å². The number of ketones is 1. The normalized spacial score (nSPS) is 51.9. The summed E-state index contributed by atoms with van der Waals surface area (Å²) in [6, 6.07) is 0. The van der Waals surface area contributed by atoms with Gasteiger partial charge in [-0.3, -0.25) is 4.79 Å². The Morgan fingerprint density at radius 3 is 2.31 bits per heavy atom. The maximum atomic E-state index is 12.9. The first kappa shape index (κ1) is 27.1. The first-order valence-corrected chi connectivity index (χ1v) is 14.3. The van der Waals surface area contributed by atoms with E-state index in [1.54, 1.807) is 0 Å². The highest BCUT2D eigenvalue weighted by molar-refractivity contribution is 5.85. The summed E-state index contributed by atoms with van der Waals surface area (Å²) in [5.74, 6) is 0.745. The Hall–Kier alpha value is -0.530. The lowest BCUT2D eigenvalue weighted by Gasteiger charge is -2.69. The lowest BCUT2D eigenvalue weighted by atomic mass is 9.35. The van der Waals surface area contributed by atoms with E-state index >= 15 is 0 Å². The summed E-state index contributed by atoms with van der Waals surface area (Å²) in [5, 5.41) is 43.4. The first-order chi connectivity index (χ1) is 16.3. The molecule has 5 aliphatic rings. The van der Waals surface area contributed by atoms with E-state index in [1.807, 2.05) is 0 Å². The first-order valence-electron chi connectivity index (χ1n) is 14.3. The Bertz CT molecular complexity index is 940. The van der Waals surface area contributed by atoms with Gasteiger partial charge >= 0.3 is 0 Å². The molecular weight excluding hydrogens is 456 g/mol. The average Bonchev–Trinajstić information content (AvgIpc) is 3.34. The molecule has 4 aliphatic carbocycles. The van der Waals surface area contributed by atoms with Crippen molar-refractivity contribution in [1.29, 1.82) is 0 Å². The van der Waals surface area contributed by atoms with E-state index in [0.717, 1.165) is 32.1 Å². The fraction of sp³-hybridized carbons (Fsp3) is 0.967. The molecule has 0 aromatic heterocycles. The predicted molar refractivity (Wildman–Crippen MR) is 137 cm³/mol. The fourth-order valence-corrected chi connectivity index (χ4v) is 11.0.